The molecule has 0 atom stereocenters. The average molecular weight is 427 g/mol. The highest BCUT2D eigenvalue weighted by Gasteiger charge is 2.14. The fraction of sp³-hybridized carbons (Fsp3) is 0.391. The number of hydrogen-bond donors (Lipinski definition) is 2. The first kappa shape index (κ1) is 20.8. The first-order valence-electron chi connectivity index (χ1n) is 10.4. The normalized spacial score (nSPS) is 14.8. The molecule has 7 heteroatoms. The van der Waals surface area contributed by atoms with Crippen molar-refractivity contribution in [3.8, 4) is 0 Å². The number of aliphatic hydroxyl groups is 1. The van der Waals surface area contributed by atoms with Crippen molar-refractivity contribution < 1.29 is 14.6 Å². The topological polar surface area (TPSA) is 78.9 Å². The van der Waals surface area contributed by atoms with Crippen molar-refractivity contribution in [2.45, 2.75) is 19.3 Å². The number of rotatable bonds is 7. The average Bonchev–Trinajstić information content (AvgIpc) is 2.78. The molecule has 1 fully saturated rings. The highest BCUT2D eigenvalue weighted by Crippen LogP contribution is 2.29. The Bertz CT molecular complexity index is 1110. The SMILES string of the molecule is O=C(OCCO)c1ccc2c(=O)c3c(NCCN4CCCCC4)cccc3sc2c1. The van der Waals surface area contributed by atoms with E-state index < -0.39 is 5.97 Å². The number of nitrogens with zero attached hydrogens (tertiary/aromatic N) is 1. The first-order valence-corrected chi connectivity index (χ1v) is 11.2. The zero-order valence-corrected chi connectivity index (χ0v) is 17.7. The van der Waals surface area contributed by atoms with Crippen LogP contribution in [0.1, 0.15) is 29.6 Å². The van der Waals surface area contributed by atoms with Crippen molar-refractivity contribution in [2.24, 2.45) is 0 Å². The summed E-state index contributed by atoms with van der Waals surface area (Å²) in [5.74, 6) is -0.501. The number of likely N-dealkylation sites (tertiary alicyclic amines) is 1. The molecule has 2 aromatic carbocycles. The molecule has 0 unspecified atom stereocenters. The molecule has 0 aliphatic carbocycles. The number of ether oxygens (including phenoxy) is 1. The summed E-state index contributed by atoms with van der Waals surface area (Å²) in [6.45, 7) is 3.82. The number of benzene rings is 2. The quantitative estimate of drug-likeness (QED) is 0.445. The largest absolute Gasteiger partial charge is 0.460 e. The Hall–Kier alpha value is -2.48. The second-order valence-electron chi connectivity index (χ2n) is 7.51. The second-order valence-corrected chi connectivity index (χ2v) is 8.59. The van der Waals surface area contributed by atoms with Crippen LogP contribution in [0.2, 0.25) is 0 Å². The molecule has 3 aromatic rings. The van der Waals surface area contributed by atoms with Crippen LogP contribution in [0.5, 0.6) is 0 Å². The predicted octanol–water partition coefficient (Wildman–Crippen LogP) is 3.46. The standard InChI is InChI=1S/C23H26N2O4S/c26-13-14-29-23(28)16-7-8-17-20(15-16)30-19-6-4-5-18(21(19)22(17)27)24-9-12-25-10-2-1-3-11-25/h4-8,15,24,26H,1-3,9-14H2. The molecule has 4 rings (SSSR count). The van der Waals surface area contributed by atoms with E-state index in [2.05, 4.69) is 10.2 Å². The summed E-state index contributed by atoms with van der Waals surface area (Å²) in [7, 11) is 0. The van der Waals surface area contributed by atoms with Crippen molar-refractivity contribution in [3.63, 3.8) is 0 Å². The fourth-order valence-electron chi connectivity index (χ4n) is 3.93. The Labute approximate surface area is 179 Å². The second kappa shape index (κ2) is 9.55. The lowest BCUT2D eigenvalue weighted by Gasteiger charge is -2.26. The molecule has 158 valence electrons. The van der Waals surface area contributed by atoms with E-state index in [1.165, 1.54) is 30.6 Å². The van der Waals surface area contributed by atoms with E-state index in [1.54, 1.807) is 18.2 Å². The molecule has 0 bridgehead atoms. The maximum Gasteiger partial charge on any atom is 0.338 e. The van der Waals surface area contributed by atoms with Gasteiger partial charge in [-0.2, -0.15) is 0 Å². The van der Waals surface area contributed by atoms with E-state index in [9.17, 15) is 9.59 Å². The van der Waals surface area contributed by atoms with Gasteiger partial charge in [0.25, 0.3) is 0 Å². The third-order valence-electron chi connectivity index (χ3n) is 5.45. The fourth-order valence-corrected chi connectivity index (χ4v) is 5.07. The van der Waals surface area contributed by atoms with Gasteiger partial charge in [-0.3, -0.25) is 4.79 Å². The lowest BCUT2D eigenvalue weighted by Crippen LogP contribution is -2.33. The van der Waals surface area contributed by atoms with Crippen LogP contribution in [0, 0.1) is 0 Å². The van der Waals surface area contributed by atoms with E-state index in [1.807, 2.05) is 18.2 Å². The van der Waals surface area contributed by atoms with Gasteiger partial charge in [0.2, 0.25) is 0 Å². The number of anilines is 1. The minimum Gasteiger partial charge on any atom is -0.460 e. The van der Waals surface area contributed by atoms with Crippen molar-refractivity contribution >= 4 is 43.2 Å². The lowest BCUT2D eigenvalue weighted by atomic mass is 10.1. The van der Waals surface area contributed by atoms with Gasteiger partial charge in [0.05, 0.1) is 17.6 Å². The molecule has 0 radical (unpaired) electrons. The molecule has 6 nitrogen and oxygen atoms in total. The molecular formula is C23H26N2O4S. The molecule has 0 amide bonds. The molecule has 2 N–H and O–H groups in total. The number of carbonyl (C=O) groups excluding carboxylic acids is 1. The molecule has 30 heavy (non-hydrogen) atoms. The molecular weight excluding hydrogens is 400 g/mol. The maximum absolute atomic E-state index is 13.2. The Morgan fingerprint density at radius 1 is 1.13 bits per heavy atom. The number of aliphatic hydroxyl groups excluding tert-OH is 1. The van der Waals surface area contributed by atoms with Crippen LogP contribution >= 0.6 is 11.3 Å². The summed E-state index contributed by atoms with van der Waals surface area (Å²) in [6, 6.07) is 10.8. The van der Waals surface area contributed by atoms with Gasteiger partial charge in [-0.1, -0.05) is 12.5 Å². The van der Waals surface area contributed by atoms with Gasteiger partial charge in [0.15, 0.2) is 5.43 Å². The molecule has 2 heterocycles. The van der Waals surface area contributed by atoms with E-state index in [0.717, 1.165) is 41.3 Å². The summed E-state index contributed by atoms with van der Waals surface area (Å²) in [4.78, 5) is 27.8. The zero-order valence-electron chi connectivity index (χ0n) is 16.9. The Morgan fingerprint density at radius 2 is 1.97 bits per heavy atom. The first-order chi connectivity index (χ1) is 14.7. The lowest BCUT2D eigenvalue weighted by molar-refractivity contribution is 0.0434. The molecule has 0 spiro atoms. The van der Waals surface area contributed by atoms with Crippen molar-refractivity contribution in [3.05, 3.63) is 52.2 Å². The van der Waals surface area contributed by atoms with Gasteiger partial charge < -0.3 is 20.1 Å². The number of hydrogen-bond acceptors (Lipinski definition) is 7. The molecule has 1 aliphatic heterocycles. The van der Waals surface area contributed by atoms with Gasteiger partial charge in [-0.25, -0.2) is 4.79 Å². The van der Waals surface area contributed by atoms with Crippen LogP contribution in [-0.2, 0) is 4.74 Å². The third kappa shape index (κ3) is 4.48. The van der Waals surface area contributed by atoms with Crippen LogP contribution in [0.4, 0.5) is 5.69 Å². The number of nitrogens with one attached hydrogen (secondary N) is 1. The minimum atomic E-state index is -0.501. The summed E-state index contributed by atoms with van der Waals surface area (Å²) in [5, 5.41) is 13.6. The van der Waals surface area contributed by atoms with Crippen molar-refractivity contribution in [1.29, 1.82) is 0 Å². The highest BCUT2D eigenvalue weighted by molar-refractivity contribution is 7.24. The van der Waals surface area contributed by atoms with Gasteiger partial charge in [0.1, 0.15) is 6.61 Å². The predicted molar refractivity (Wildman–Crippen MR) is 122 cm³/mol. The smallest absolute Gasteiger partial charge is 0.338 e. The minimum absolute atomic E-state index is 0.0323. The van der Waals surface area contributed by atoms with Gasteiger partial charge >= 0.3 is 5.97 Å². The zero-order chi connectivity index (χ0) is 20.9. The Kier molecular flexibility index (Phi) is 6.62. The number of carbonyl (C=O) groups is 1. The van der Waals surface area contributed by atoms with E-state index >= 15 is 0 Å². The maximum atomic E-state index is 13.2. The summed E-state index contributed by atoms with van der Waals surface area (Å²) in [6.07, 6.45) is 3.85. The van der Waals surface area contributed by atoms with Gasteiger partial charge in [0, 0.05) is 33.6 Å². The van der Waals surface area contributed by atoms with E-state index in [0.29, 0.717) is 16.3 Å². The van der Waals surface area contributed by atoms with Crippen LogP contribution in [0.25, 0.3) is 20.2 Å². The highest BCUT2D eigenvalue weighted by atomic mass is 32.1. The molecule has 1 aliphatic rings. The third-order valence-corrected chi connectivity index (χ3v) is 6.57. The van der Waals surface area contributed by atoms with Crippen LogP contribution < -0.4 is 10.7 Å². The number of fused-ring (bicyclic) bond motifs is 2. The number of piperidine rings is 1. The van der Waals surface area contributed by atoms with E-state index in [4.69, 9.17) is 9.84 Å². The van der Waals surface area contributed by atoms with Crippen LogP contribution in [0.15, 0.2) is 41.2 Å². The van der Waals surface area contributed by atoms with Crippen LogP contribution in [-0.4, -0.2) is 55.4 Å². The molecule has 1 aromatic heterocycles. The van der Waals surface area contributed by atoms with Gasteiger partial charge in [-0.15, -0.1) is 11.3 Å². The van der Waals surface area contributed by atoms with Crippen molar-refractivity contribution in [1.82, 2.24) is 4.90 Å². The summed E-state index contributed by atoms with van der Waals surface area (Å²) >= 11 is 1.49. The van der Waals surface area contributed by atoms with Crippen molar-refractivity contribution in [2.75, 3.05) is 44.7 Å². The molecule has 0 saturated carbocycles. The Morgan fingerprint density at radius 3 is 2.77 bits per heavy atom. The van der Waals surface area contributed by atoms with Gasteiger partial charge in [-0.05, 0) is 56.3 Å². The monoisotopic (exact) mass is 426 g/mol. The van der Waals surface area contributed by atoms with E-state index in [-0.39, 0.29) is 18.6 Å². The Balaban J connectivity index is 1.61. The van der Waals surface area contributed by atoms with Crippen LogP contribution in [0.3, 0.4) is 0 Å². The summed E-state index contributed by atoms with van der Waals surface area (Å²) in [5.41, 5.74) is 1.20. The summed E-state index contributed by atoms with van der Waals surface area (Å²) < 4.78 is 6.61. The molecule has 1 saturated heterocycles. The number of esters is 1.